The number of carboxylic acid groups (broad SMARTS) is 1. The van der Waals surface area contributed by atoms with E-state index >= 15 is 0 Å². The third-order valence-corrected chi connectivity index (χ3v) is 5.69. The predicted octanol–water partition coefficient (Wildman–Crippen LogP) is 0.238. The lowest BCUT2D eigenvalue weighted by molar-refractivity contribution is -0.141. The first-order valence-corrected chi connectivity index (χ1v) is 9.35. The molecule has 1 atom stereocenters. The molecule has 0 bridgehead atoms. The molecule has 0 aromatic heterocycles. The van der Waals surface area contributed by atoms with E-state index in [4.69, 9.17) is 5.11 Å². The lowest BCUT2D eigenvalue weighted by Crippen LogP contribution is -2.40. The quantitative estimate of drug-likeness (QED) is 0.797. The van der Waals surface area contributed by atoms with Crippen LogP contribution in [0.15, 0.2) is 29.2 Å². The molecule has 136 valence electrons. The van der Waals surface area contributed by atoms with Gasteiger partial charge in [0.15, 0.2) is 9.84 Å². The van der Waals surface area contributed by atoms with Crippen molar-refractivity contribution >= 4 is 27.6 Å². The molecule has 9 heteroatoms. The lowest BCUT2D eigenvalue weighted by Gasteiger charge is -2.21. The minimum absolute atomic E-state index is 0.0598. The van der Waals surface area contributed by atoms with Gasteiger partial charge < -0.3 is 14.9 Å². The number of hydrogen-bond acceptors (Lipinski definition) is 5. The SMILES string of the molecule is CN(C)C(=O)CS(=O)(=O)c1ccc(C(=O)N2CCC[C@H]2C(=O)O)cc1. The van der Waals surface area contributed by atoms with E-state index in [9.17, 15) is 22.8 Å². The van der Waals surface area contributed by atoms with Crippen LogP contribution in [0.5, 0.6) is 0 Å². The van der Waals surface area contributed by atoms with Crippen LogP contribution in [0.4, 0.5) is 0 Å². The van der Waals surface area contributed by atoms with Crippen LogP contribution in [0, 0.1) is 0 Å². The Bertz CT molecular complexity index is 785. The fourth-order valence-electron chi connectivity index (χ4n) is 2.61. The van der Waals surface area contributed by atoms with Crippen LogP contribution >= 0.6 is 0 Å². The average Bonchev–Trinajstić information content (AvgIpc) is 3.03. The summed E-state index contributed by atoms with van der Waals surface area (Å²) in [6, 6.07) is 4.35. The van der Waals surface area contributed by atoms with Crippen LogP contribution in [0.3, 0.4) is 0 Å². The summed E-state index contributed by atoms with van der Waals surface area (Å²) in [6.07, 6.45) is 1.02. The monoisotopic (exact) mass is 368 g/mol. The van der Waals surface area contributed by atoms with E-state index in [0.29, 0.717) is 19.4 Å². The number of rotatable bonds is 5. The molecule has 1 aliphatic heterocycles. The van der Waals surface area contributed by atoms with Gasteiger partial charge in [0.2, 0.25) is 5.91 Å². The van der Waals surface area contributed by atoms with E-state index in [1.54, 1.807) is 0 Å². The second-order valence-corrected chi connectivity index (χ2v) is 8.06. The van der Waals surface area contributed by atoms with Gasteiger partial charge in [0.25, 0.3) is 5.91 Å². The van der Waals surface area contributed by atoms with Crippen LogP contribution < -0.4 is 0 Å². The van der Waals surface area contributed by atoms with Crippen molar-refractivity contribution in [2.45, 2.75) is 23.8 Å². The molecule has 1 saturated heterocycles. The summed E-state index contributed by atoms with van der Waals surface area (Å²) in [5.74, 6) is -2.69. The second kappa shape index (κ2) is 7.22. The summed E-state index contributed by atoms with van der Waals surface area (Å²) in [4.78, 5) is 37.6. The molecule has 0 saturated carbocycles. The molecular formula is C16H20N2O6S. The molecule has 2 rings (SSSR count). The van der Waals surface area contributed by atoms with Gasteiger partial charge in [-0.1, -0.05) is 0 Å². The summed E-state index contributed by atoms with van der Waals surface area (Å²) < 4.78 is 24.4. The smallest absolute Gasteiger partial charge is 0.326 e. The van der Waals surface area contributed by atoms with Crippen molar-refractivity contribution in [2.24, 2.45) is 0 Å². The highest BCUT2D eigenvalue weighted by Crippen LogP contribution is 2.21. The van der Waals surface area contributed by atoms with Gasteiger partial charge in [-0.3, -0.25) is 9.59 Å². The maximum atomic E-state index is 12.4. The molecule has 1 aromatic carbocycles. The van der Waals surface area contributed by atoms with Crippen molar-refractivity contribution in [3.63, 3.8) is 0 Å². The topological polar surface area (TPSA) is 112 Å². The summed E-state index contributed by atoms with van der Waals surface area (Å²) in [7, 11) is -0.867. The van der Waals surface area contributed by atoms with E-state index < -0.39 is 39.4 Å². The zero-order valence-electron chi connectivity index (χ0n) is 14.0. The van der Waals surface area contributed by atoms with Gasteiger partial charge >= 0.3 is 5.97 Å². The van der Waals surface area contributed by atoms with Crippen molar-refractivity contribution in [3.05, 3.63) is 29.8 Å². The minimum atomic E-state index is -3.80. The molecule has 0 spiro atoms. The molecule has 25 heavy (non-hydrogen) atoms. The third kappa shape index (κ3) is 4.16. The average molecular weight is 368 g/mol. The highest BCUT2D eigenvalue weighted by molar-refractivity contribution is 7.92. The largest absolute Gasteiger partial charge is 0.480 e. The first-order chi connectivity index (χ1) is 11.6. The number of hydrogen-bond donors (Lipinski definition) is 1. The van der Waals surface area contributed by atoms with Gasteiger partial charge in [0.05, 0.1) is 4.90 Å². The summed E-state index contributed by atoms with van der Waals surface area (Å²) >= 11 is 0. The van der Waals surface area contributed by atoms with E-state index in [1.807, 2.05) is 0 Å². The van der Waals surface area contributed by atoms with Crippen molar-refractivity contribution in [2.75, 3.05) is 26.4 Å². The Hall–Kier alpha value is -2.42. The molecule has 1 aromatic rings. The number of carbonyl (C=O) groups is 3. The van der Waals surface area contributed by atoms with Crippen molar-refractivity contribution in [1.82, 2.24) is 9.80 Å². The first kappa shape index (κ1) is 18.9. The Balaban J connectivity index is 2.18. The summed E-state index contributed by atoms with van der Waals surface area (Å²) in [6.45, 7) is 0.354. The first-order valence-electron chi connectivity index (χ1n) is 7.70. The van der Waals surface area contributed by atoms with Crippen LogP contribution in [-0.2, 0) is 19.4 Å². The van der Waals surface area contributed by atoms with Gasteiger partial charge in [-0.2, -0.15) is 0 Å². The highest BCUT2D eigenvalue weighted by atomic mass is 32.2. The highest BCUT2D eigenvalue weighted by Gasteiger charge is 2.34. The van der Waals surface area contributed by atoms with Crippen LogP contribution in [0.1, 0.15) is 23.2 Å². The lowest BCUT2D eigenvalue weighted by atomic mass is 10.1. The molecule has 8 nitrogen and oxygen atoms in total. The molecule has 1 N–H and O–H groups in total. The minimum Gasteiger partial charge on any atom is -0.480 e. The maximum absolute atomic E-state index is 12.4. The van der Waals surface area contributed by atoms with Gasteiger partial charge in [-0.25, -0.2) is 13.2 Å². The van der Waals surface area contributed by atoms with Gasteiger partial charge in [-0.05, 0) is 37.1 Å². The Morgan fingerprint density at radius 2 is 1.80 bits per heavy atom. The number of aliphatic carboxylic acids is 1. The van der Waals surface area contributed by atoms with Crippen molar-refractivity contribution in [3.8, 4) is 0 Å². The maximum Gasteiger partial charge on any atom is 0.326 e. The molecular weight excluding hydrogens is 348 g/mol. The number of amides is 2. The van der Waals surface area contributed by atoms with Crippen LogP contribution in [0.2, 0.25) is 0 Å². The van der Waals surface area contributed by atoms with Crippen LogP contribution in [0.25, 0.3) is 0 Å². The molecule has 1 aliphatic rings. The second-order valence-electron chi connectivity index (χ2n) is 6.07. The van der Waals surface area contributed by atoms with Crippen molar-refractivity contribution < 1.29 is 27.9 Å². The van der Waals surface area contributed by atoms with Crippen molar-refractivity contribution in [1.29, 1.82) is 0 Å². The van der Waals surface area contributed by atoms with Crippen LogP contribution in [-0.4, -0.2) is 73.5 Å². The number of benzene rings is 1. The van der Waals surface area contributed by atoms with E-state index in [0.717, 1.165) is 0 Å². The van der Waals surface area contributed by atoms with E-state index in [2.05, 4.69) is 0 Å². The number of likely N-dealkylation sites (tertiary alicyclic amines) is 1. The zero-order valence-corrected chi connectivity index (χ0v) is 14.8. The fraction of sp³-hybridized carbons (Fsp3) is 0.438. The molecule has 2 amide bonds. The zero-order chi connectivity index (χ0) is 18.8. The number of sulfone groups is 1. The molecule has 1 fully saturated rings. The Morgan fingerprint density at radius 1 is 1.20 bits per heavy atom. The Labute approximate surface area is 145 Å². The predicted molar refractivity (Wildman–Crippen MR) is 88.9 cm³/mol. The molecule has 0 aliphatic carbocycles. The number of carboxylic acids is 1. The number of carbonyl (C=O) groups excluding carboxylic acids is 2. The standard InChI is InChI=1S/C16H20N2O6S/c1-17(2)14(19)10-25(23,24)12-7-5-11(6-8-12)15(20)18-9-3-4-13(18)16(21)22/h5-8,13H,3-4,9-10H2,1-2H3,(H,21,22)/t13-/m0/s1. The summed E-state index contributed by atoms with van der Waals surface area (Å²) in [5.41, 5.74) is 0.214. The van der Waals surface area contributed by atoms with Gasteiger partial charge in [-0.15, -0.1) is 0 Å². The molecule has 0 radical (unpaired) electrons. The fourth-order valence-corrected chi connectivity index (χ4v) is 3.91. The number of nitrogens with zero attached hydrogens (tertiary/aromatic N) is 2. The Morgan fingerprint density at radius 3 is 2.32 bits per heavy atom. The third-order valence-electron chi connectivity index (χ3n) is 4.07. The van der Waals surface area contributed by atoms with Gasteiger partial charge in [0, 0.05) is 26.2 Å². The normalized spacial score (nSPS) is 17.4. The Kier molecular flexibility index (Phi) is 5.46. The van der Waals surface area contributed by atoms with E-state index in [-0.39, 0.29) is 10.5 Å². The summed E-state index contributed by atoms with van der Waals surface area (Å²) in [5, 5.41) is 9.15. The van der Waals surface area contributed by atoms with Gasteiger partial charge in [0.1, 0.15) is 11.8 Å². The molecule has 1 heterocycles. The molecule has 0 unspecified atom stereocenters. The van der Waals surface area contributed by atoms with E-state index in [1.165, 1.54) is 48.2 Å².